The van der Waals surface area contributed by atoms with E-state index in [0.717, 1.165) is 37.1 Å². The first-order chi connectivity index (χ1) is 13.0. The van der Waals surface area contributed by atoms with Crippen LogP contribution >= 0.6 is 0 Å². The lowest BCUT2D eigenvalue weighted by Crippen LogP contribution is -2.07. The Morgan fingerprint density at radius 1 is 1.22 bits per heavy atom. The van der Waals surface area contributed by atoms with Gasteiger partial charge >= 0.3 is 0 Å². The van der Waals surface area contributed by atoms with Gasteiger partial charge in [0.15, 0.2) is 5.82 Å². The molecule has 2 N–H and O–H groups in total. The van der Waals surface area contributed by atoms with E-state index in [4.69, 9.17) is 0 Å². The summed E-state index contributed by atoms with van der Waals surface area (Å²) in [5.41, 5.74) is 2.23. The lowest BCUT2D eigenvalue weighted by atomic mass is 10.0. The van der Waals surface area contributed by atoms with Crippen molar-refractivity contribution < 1.29 is 9.90 Å². The lowest BCUT2D eigenvalue weighted by molar-refractivity contribution is -0.119. The Bertz CT molecular complexity index is 948. The summed E-state index contributed by atoms with van der Waals surface area (Å²) < 4.78 is 1.94. The molecule has 0 aliphatic rings. The molecule has 3 aromatic rings. The van der Waals surface area contributed by atoms with Crippen molar-refractivity contribution in [2.75, 3.05) is 11.9 Å². The number of aromatic hydroxyl groups is 1. The number of carbonyl (C=O) groups excluding carboxylic acids is 1. The van der Waals surface area contributed by atoms with Gasteiger partial charge in [-0.25, -0.2) is 4.98 Å². The van der Waals surface area contributed by atoms with Crippen LogP contribution in [0.3, 0.4) is 0 Å². The number of unbranched alkanes of at least 4 members (excludes halogenated alkanes) is 2. The number of hydrogen-bond acceptors (Lipinski definition) is 6. The average molecular weight is 369 g/mol. The zero-order valence-electron chi connectivity index (χ0n) is 16.2. The van der Waals surface area contributed by atoms with Crippen LogP contribution in [0.15, 0.2) is 18.2 Å². The normalized spacial score (nSPS) is 11.6. The van der Waals surface area contributed by atoms with Gasteiger partial charge in [0, 0.05) is 25.5 Å². The summed E-state index contributed by atoms with van der Waals surface area (Å²) in [5, 5.41) is 21.5. The maximum atomic E-state index is 11.7. The van der Waals surface area contributed by atoms with E-state index in [-0.39, 0.29) is 5.75 Å². The standard InChI is InChI=1S/C20H27N5O2/c1-13(2)11-15(26)7-5-4-6-10-21-19-20-24-23-14(3)25(20)18-9-8-16(27)12-17(18)22-19/h8-9,12-13,27H,4-7,10-11H2,1-3H3,(H,21,22). The van der Waals surface area contributed by atoms with Gasteiger partial charge in [-0.1, -0.05) is 20.3 Å². The molecule has 0 saturated carbocycles. The van der Waals surface area contributed by atoms with Gasteiger partial charge < -0.3 is 10.4 Å². The van der Waals surface area contributed by atoms with Gasteiger partial charge in [0.2, 0.25) is 5.65 Å². The van der Waals surface area contributed by atoms with Crippen molar-refractivity contribution in [2.45, 2.75) is 52.9 Å². The van der Waals surface area contributed by atoms with Crippen molar-refractivity contribution in [1.29, 1.82) is 0 Å². The number of hydrogen-bond donors (Lipinski definition) is 2. The fourth-order valence-corrected chi connectivity index (χ4v) is 3.27. The number of phenols is 1. The highest BCUT2D eigenvalue weighted by Gasteiger charge is 2.13. The van der Waals surface area contributed by atoms with Crippen molar-refractivity contribution in [3.05, 3.63) is 24.0 Å². The molecule has 7 heteroatoms. The van der Waals surface area contributed by atoms with Gasteiger partial charge in [-0.05, 0) is 37.8 Å². The monoisotopic (exact) mass is 369 g/mol. The van der Waals surface area contributed by atoms with Crippen LogP contribution in [-0.2, 0) is 4.79 Å². The summed E-state index contributed by atoms with van der Waals surface area (Å²) in [6, 6.07) is 5.09. The molecule has 0 unspecified atom stereocenters. The van der Waals surface area contributed by atoms with Crippen LogP contribution in [0.25, 0.3) is 16.7 Å². The molecule has 0 atom stereocenters. The fraction of sp³-hybridized carbons (Fsp3) is 0.500. The van der Waals surface area contributed by atoms with Gasteiger partial charge in [-0.15, -0.1) is 10.2 Å². The minimum atomic E-state index is 0.178. The molecular weight excluding hydrogens is 342 g/mol. The first-order valence-electron chi connectivity index (χ1n) is 9.55. The van der Waals surface area contributed by atoms with E-state index >= 15 is 0 Å². The van der Waals surface area contributed by atoms with Crippen LogP contribution in [0.2, 0.25) is 0 Å². The molecule has 0 radical (unpaired) electrons. The summed E-state index contributed by atoms with van der Waals surface area (Å²) >= 11 is 0. The number of benzene rings is 1. The van der Waals surface area contributed by atoms with E-state index in [0.29, 0.717) is 41.5 Å². The van der Waals surface area contributed by atoms with Crippen molar-refractivity contribution >= 4 is 28.3 Å². The number of aromatic nitrogens is 4. The molecule has 0 bridgehead atoms. The maximum Gasteiger partial charge on any atom is 0.204 e. The average Bonchev–Trinajstić information content (AvgIpc) is 2.99. The molecule has 27 heavy (non-hydrogen) atoms. The summed E-state index contributed by atoms with van der Waals surface area (Å²) in [5.74, 6) is 2.40. The van der Waals surface area contributed by atoms with E-state index in [1.807, 2.05) is 17.4 Å². The van der Waals surface area contributed by atoms with Crippen molar-refractivity contribution in [1.82, 2.24) is 19.6 Å². The first kappa shape index (κ1) is 19.1. The van der Waals surface area contributed by atoms with Crippen LogP contribution < -0.4 is 5.32 Å². The molecule has 1 aromatic carbocycles. The van der Waals surface area contributed by atoms with Crippen LogP contribution in [0.5, 0.6) is 5.75 Å². The van der Waals surface area contributed by atoms with Gasteiger partial charge in [-0.3, -0.25) is 9.20 Å². The quantitative estimate of drug-likeness (QED) is 0.556. The maximum absolute atomic E-state index is 11.7. The topological polar surface area (TPSA) is 92.4 Å². The number of ketones is 1. The van der Waals surface area contributed by atoms with E-state index in [1.165, 1.54) is 0 Å². The smallest absolute Gasteiger partial charge is 0.204 e. The highest BCUT2D eigenvalue weighted by atomic mass is 16.3. The van der Waals surface area contributed by atoms with Crippen molar-refractivity contribution in [3.63, 3.8) is 0 Å². The van der Waals surface area contributed by atoms with Gasteiger partial charge in [0.05, 0.1) is 11.0 Å². The van der Waals surface area contributed by atoms with E-state index in [2.05, 4.69) is 34.3 Å². The molecule has 2 heterocycles. The summed E-state index contributed by atoms with van der Waals surface area (Å²) in [6.07, 6.45) is 4.21. The van der Waals surface area contributed by atoms with Crippen LogP contribution in [0.4, 0.5) is 5.82 Å². The Kier molecular flexibility index (Phi) is 5.88. The SMILES string of the molecule is Cc1nnc2c(NCCCCCC(=O)CC(C)C)nc3cc(O)ccc3n12. The largest absolute Gasteiger partial charge is 0.508 e. The number of phenolic OH excluding ortho intramolecular Hbond substituents is 1. The third kappa shape index (κ3) is 4.53. The zero-order chi connectivity index (χ0) is 19.4. The Morgan fingerprint density at radius 2 is 2.04 bits per heavy atom. The second-order valence-electron chi connectivity index (χ2n) is 7.41. The van der Waals surface area contributed by atoms with Crippen molar-refractivity contribution in [3.8, 4) is 5.75 Å². The third-order valence-electron chi connectivity index (χ3n) is 4.53. The van der Waals surface area contributed by atoms with Crippen LogP contribution in [-0.4, -0.2) is 37.0 Å². The Labute approximate surface area is 158 Å². The molecule has 0 fully saturated rings. The first-order valence-corrected chi connectivity index (χ1v) is 9.55. The molecule has 3 rings (SSSR count). The minimum absolute atomic E-state index is 0.178. The molecule has 144 valence electrons. The number of aryl methyl sites for hydroxylation is 1. The highest BCUT2D eigenvalue weighted by Crippen LogP contribution is 2.24. The summed E-state index contributed by atoms with van der Waals surface area (Å²) in [4.78, 5) is 16.4. The predicted molar refractivity (Wildman–Crippen MR) is 106 cm³/mol. The molecule has 0 saturated heterocycles. The second-order valence-corrected chi connectivity index (χ2v) is 7.41. The highest BCUT2D eigenvalue weighted by molar-refractivity contribution is 5.84. The number of anilines is 1. The molecule has 2 aromatic heterocycles. The lowest BCUT2D eigenvalue weighted by Gasteiger charge is -2.10. The van der Waals surface area contributed by atoms with Gasteiger partial charge in [0.25, 0.3) is 0 Å². The molecule has 0 aliphatic heterocycles. The zero-order valence-corrected chi connectivity index (χ0v) is 16.2. The van der Waals surface area contributed by atoms with Gasteiger partial charge in [-0.2, -0.15) is 0 Å². The van der Waals surface area contributed by atoms with E-state index in [9.17, 15) is 9.90 Å². The fourth-order valence-electron chi connectivity index (χ4n) is 3.27. The van der Waals surface area contributed by atoms with E-state index in [1.54, 1.807) is 12.1 Å². The molecule has 0 amide bonds. The minimum Gasteiger partial charge on any atom is -0.508 e. The number of fused-ring (bicyclic) bond motifs is 3. The van der Waals surface area contributed by atoms with Crippen molar-refractivity contribution in [2.24, 2.45) is 5.92 Å². The Morgan fingerprint density at radius 3 is 2.81 bits per heavy atom. The Balaban J connectivity index is 1.62. The molecule has 0 aliphatic carbocycles. The molecule has 0 spiro atoms. The number of carbonyl (C=O) groups is 1. The number of nitrogens with zero attached hydrogens (tertiary/aromatic N) is 4. The number of rotatable bonds is 9. The Hall–Kier alpha value is -2.70. The summed E-state index contributed by atoms with van der Waals surface area (Å²) in [7, 11) is 0. The molecule has 7 nitrogen and oxygen atoms in total. The van der Waals surface area contributed by atoms with Gasteiger partial charge in [0.1, 0.15) is 17.4 Å². The predicted octanol–water partition coefficient (Wildman–Crippen LogP) is 3.88. The van der Waals surface area contributed by atoms with Crippen LogP contribution in [0.1, 0.15) is 51.8 Å². The second kappa shape index (κ2) is 8.33. The number of nitrogens with one attached hydrogen (secondary N) is 1. The summed E-state index contributed by atoms with van der Waals surface area (Å²) in [6.45, 7) is 6.79. The van der Waals surface area contributed by atoms with E-state index < -0.39 is 0 Å². The van der Waals surface area contributed by atoms with Crippen LogP contribution in [0, 0.1) is 12.8 Å². The third-order valence-corrected chi connectivity index (χ3v) is 4.53. The number of Topliss-reactive ketones (excluding diaryl/α,β-unsaturated/α-hetero) is 1. The molecular formula is C20H27N5O2.